The van der Waals surface area contributed by atoms with E-state index in [1.165, 1.54) is 6.42 Å². The first-order valence-electron chi connectivity index (χ1n) is 5.07. The van der Waals surface area contributed by atoms with Gasteiger partial charge in [-0.05, 0) is 29.6 Å². The summed E-state index contributed by atoms with van der Waals surface area (Å²) in [5.74, 6) is 3.15. The van der Waals surface area contributed by atoms with Crippen LogP contribution in [-0.2, 0) is 0 Å². The monoisotopic (exact) mass is 169 g/mol. The highest BCUT2D eigenvalue weighted by Gasteiger charge is 2.21. The Morgan fingerprint density at radius 2 is 1.50 bits per heavy atom. The first-order valence-corrected chi connectivity index (χ1v) is 5.07. The number of rotatable bonds is 3. The van der Waals surface area contributed by atoms with E-state index in [0.29, 0.717) is 5.41 Å². The second-order valence-electron chi connectivity index (χ2n) is 5.56. The maximum Gasteiger partial charge on any atom is -0.0218 e. The van der Waals surface area contributed by atoms with Crippen LogP contribution in [0.15, 0.2) is 0 Å². The summed E-state index contributed by atoms with van der Waals surface area (Å²) in [5, 5.41) is 0. The van der Waals surface area contributed by atoms with Gasteiger partial charge in [-0.2, -0.15) is 0 Å². The lowest BCUT2D eigenvalue weighted by Crippen LogP contribution is -2.18. The van der Waals surface area contributed by atoms with Crippen LogP contribution in [0, 0.1) is 23.2 Å². The van der Waals surface area contributed by atoms with Crippen molar-refractivity contribution in [2.45, 2.75) is 54.9 Å². The minimum atomic E-state index is 0.468. The predicted molar refractivity (Wildman–Crippen MR) is 57.0 cm³/mol. The summed E-state index contributed by atoms with van der Waals surface area (Å²) >= 11 is 0. The van der Waals surface area contributed by atoms with Gasteiger partial charge in [-0.15, -0.1) is 0 Å². The molecule has 0 saturated heterocycles. The molecule has 0 heteroatoms. The Morgan fingerprint density at radius 3 is 1.75 bits per heavy atom. The quantitative estimate of drug-likeness (QED) is 0.590. The zero-order chi connectivity index (χ0) is 9.94. The minimum Gasteiger partial charge on any atom is -0.0622 e. The Balaban J connectivity index is 3.95. The summed E-state index contributed by atoms with van der Waals surface area (Å²) in [6.45, 7) is 16.2. The molecule has 0 aromatic rings. The molecule has 0 aliphatic heterocycles. The fraction of sp³-hybridized carbons (Fsp3) is 0.917. The highest BCUT2D eigenvalue weighted by Crippen LogP contribution is 2.32. The van der Waals surface area contributed by atoms with Crippen molar-refractivity contribution in [2.24, 2.45) is 17.3 Å². The fourth-order valence-electron chi connectivity index (χ4n) is 1.65. The summed E-state index contributed by atoms with van der Waals surface area (Å²) in [7, 11) is 0. The lowest BCUT2D eigenvalue weighted by molar-refractivity contribution is 0.298. The third kappa shape index (κ3) is 4.79. The van der Waals surface area contributed by atoms with Crippen LogP contribution in [0.5, 0.6) is 0 Å². The lowest BCUT2D eigenvalue weighted by atomic mass is 9.76. The zero-order valence-corrected chi connectivity index (χ0v) is 9.86. The molecule has 0 N–H and O–H groups in total. The molecule has 1 unspecified atom stereocenters. The molecule has 12 heavy (non-hydrogen) atoms. The third-order valence-electron chi connectivity index (χ3n) is 2.61. The second kappa shape index (κ2) is 4.30. The third-order valence-corrected chi connectivity index (χ3v) is 2.61. The predicted octanol–water partition coefficient (Wildman–Crippen LogP) is 4.31. The van der Waals surface area contributed by atoms with Gasteiger partial charge in [-0.25, -0.2) is 0 Å². The van der Waals surface area contributed by atoms with E-state index in [-0.39, 0.29) is 0 Å². The van der Waals surface area contributed by atoms with Gasteiger partial charge in [0, 0.05) is 0 Å². The van der Waals surface area contributed by atoms with Crippen LogP contribution in [0.1, 0.15) is 54.9 Å². The second-order valence-corrected chi connectivity index (χ2v) is 5.56. The number of hydrogen-bond donors (Lipinski definition) is 0. The molecule has 0 aromatic carbocycles. The van der Waals surface area contributed by atoms with Gasteiger partial charge in [-0.3, -0.25) is 0 Å². The van der Waals surface area contributed by atoms with Crippen molar-refractivity contribution in [3.05, 3.63) is 5.92 Å². The van der Waals surface area contributed by atoms with Crippen molar-refractivity contribution in [1.82, 2.24) is 0 Å². The van der Waals surface area contributed by atoms with E-state index in [1.807, 2.05) is 0 Å². The standard InChI is InChI=1S/C12H25/c1-9(2)11(4)10(3)8-12(5,6)7/h9-10H,8H2,1-7H3. The minimum absolute atomic E-state index is 0.468. The largest absolute Gasteiger partial charge is 0.0622 e. The zero-order valence-electron chi connectivity index (χ0n) is 9.86. The Morgan fingerprint density at radius 1 is 1.08 bits per heavy atom. The maximum atomic E-state index is 2.35. The van der Waals surface area contributed by atoms with Crippen molar-refractivity contribution >= 4 is 0 Å². The molecular formula is C12H25. The van der Waals surface area contributed by atoms with Crippen LogP contribution in [0.2, 0.25) is 0 Å². The normalized spacial score (nSPS) is 15.8. The highest BCUT2D eigenvalue weighted by atomic mass is 14.3. The molecule has 0 aromatic heterocycles. The highest BCUT2D eigenvalue weighted by molar-refractivity contribution is 4.94. The average molecular weight is 169 g/mol. The van der Waals surface area contributed by atoms with Crippen LogP contribution in [0.4, 0.5) is 0 Å². The van der Waals surface area contributed by atoms with E-state index in [4.69, 9.17) is 0 Å². The molecular weight excluding hydrogens is 144 g/mol. The molecule has 1 atom stereocenters. The molecule has 0 aliphatic carbocycles. The summed E-state index contributed by atoms with van der Waals surface area (Å²) in [4.78, 5) is 0. The smallest absolute Gasteiger partial charge is 0.0218 e. The van der Waals surface area contributed by atoms with Crippen LogP contribution in [-0.4, -0.2) is 0 Å². The van der Waals surface area contributed by atoms with Crippen LogP contribution >= 0.6 is 0 Å². The van der Waals surface area contributed by atoms with Crippen LogP contribution < -0.4 is 0 Å². The Bertz CT molecular complexity index is 116. The molecule has 0 saturated carbocycles. The van der Waals surface area contributed by atoms with Gasteiger partial charge in [0.2, 0.25) is 0 Å². The van der Waals surface area contributed by atoms with Crippen molar-refractivity contribution in [2.75, 3.05) is 0 Å². The van der Waals surface area contributed by atoms with Crippen molar-refractivity contribution in [3.63, 3.8) is 0 Å². The Hall–Kier alpha value is 0. The Kier molecular flexibility index (Phi) is 4.30. The van der Waals surface area contributed by atoms with Gasteiger partial charge in [0.15, 0.2) is 0 Å². The van der Waals surface area contributed by atoms with Gasteiger partial charge in [0.1, 0.15) is 0 Å². The number of hydrogen-bond acceptors (Lipinski definition) is 0. The summed E-state index contributed by atoms with van der Waals surface area (Å²) < 4.78 is 0. The van der Waals surface area contributed by atoms with Crippen molar-refractivity contribution in [1.29, 1.82) is 0 Å². The summed E-state index contributed by atoms with van der Waals surface area (Å²) in [6.07, 6.45) is 1.30. The van der Waals surface area contributed by atoms with E-state index in [0.717, 1.165) is 11.8 Å². The summed E-state index contributed by atoms with van der Waals surface area (Å²) in [6, 6.07) is 0. The van der Waals surface area contributed by atoms with Gasteiger partial charge in [-0.1, -0.05) is 48.5 Å². The van der Waals surface area contributed by atoms with Gasteiger partial charge in [0.05, 0.1) is 0 Å². The molecule has 0 aliphatic rings. The topological polar surface area (TPSA) is 0 Å². The molecule has 0 rings (SSSR count). The van der Waals surface area contributed by atoms with Crippen LogP contribution in [0.3, 0.4) is 0 Å². The maximum absolute atomic E-state index is 2.35. The molecule has 0 spiro atoms. The molecule has 0 amide bonds. The molecule has 73 valence electrons. The molecule has 0 nitrogen and oxygen atoms in total. The molecule has 0 heterocycles. The van der Waals surface area contributed by atoms with E-state index in [2.05, 4.69) is 48.5 Å². The van der Waals surface area contributed by atoms with E-state index in [9.17, 15) is 0 Å². The SMILES string of the molecule is C[C](C(C)C)C(C)CC(C)(C)C. The summed E-state index contributed by atoms with van der Waals surface area (Å²) in [5.41, 5.74) is 0.468. The molecule has 0 bridgehead atoms. The molecule has 0 fully saturated rings. The molecule has 1 radical (unpaired) electrons. The van der Waals surface area contributed by atoms with Gasteiger partial charge < -0.3 is 0 Å². The van der Waals surface area contributed by atoms with E-state index in [1.54, 1.807) is 5.92 Å². The lowest BCUT2D eigenvalue weighted by Gasteiger charge is -2.29. The van der Waals surface area contributed by atoms with Crippen molar-refractivity contribution in [3.8, 4) is 0 Å². The van der Waals surface area contributed by atoms with Gasteiger partial charge >= 0.3 is 0 Å². The van der Waals surface area contributed by atoms with Crippen LogP contribution in [0.25, 0.3) is 0 Å². The van der Waals surface area contributed by atoms with E-state index >= 15 is 0 Å². The van der Waals surface area contributed by atoms with E-state index < -0.39 is 0 Å². The fourth-order valence-corrected chi connectivity index (χ4v) is 1.65. The first kappa shape index (κ1) is 12.0. The van der Waals surface area contributed by atoms with Crippen molar-refractivity contribution < 1.29 is 0 Å². The average Bonchev–Trinajstić information content (AvgIpc) is 1.82. The first-order chi connectivity index (χ1) is 5.24. The van der Waals surface area contributed by atoms with Gasteiger partial charge in [0.25, 0.3) is 0 Å². The Labute approximate surface area is 78.8 Å².